The van der Waals surface area contributed by atoms with E-state index in [-0.39, 0.29) is 18.8 Å². The first-order valence-electron chi connectivity index (χ1n) is 6.12. The molecule has 0 saturated carbocycles. The number of rotatable bonds is 10. The Morgan fingerprint density at radius 2 is 1.71 bits per heavy atom. The van der Waals surface area contributed by atoms with Crippen LogP contribution in [0.15, 0.2) is 0 Å². The molecule has 2 N–H and O–H groups in total. The minimum Gasteiger partial charge on any atom is -0.460 e. The SMILES string of the molecule is CCCCCCCOC(=O)C(=O)CCCN.Cl. The number of ketones is 1. The molecule has 0 rings (SSSR count). The van der Waals surface area contributed by atoms with Gasteiger partial charge in [0.15, 0.2) is 0 Å². The Kier molecular flexibility index (Phi) is 14.8. The van der Waals surface area contributed by atoms with Crippen LogP contribution in [0.5, 0.6) is 0 Å². The number of carbonyl (C=O) groups is 2. The summed E-state index contributed by atoms with van der Waals surface area (Å²) in [5.74, 6) is -1.16. The van der Waals surface area contributed by atoms with E-state index in [4.69, 9.17) is 10.5 Å². The Labute approximate surface area is 110 Å². The van der Waals surface area contributed by atoms with Crippen molar-refractivity contribution < 1.29 is 14.3 Å². The van der Waals surface area contributed by atoms with Crippen molar-refractivity contribution in [2.75, 3.05) is 13.2 Å². The van der Waals surface area contributed by atoms with Crippen molar-refractivity contribution in [2.24, 2.45) is 5.73 Å². The van der Waals surface area contributed by atoms with Gasteiger partial charge >= 0.3 is 5.97 Å². The van der Waals surface area contributed by atoms with E-state index >= 15 is 0 Å². The monoisotopic (exact) mass is 265 g/mol. The van der Waals surface area contributed by atoms with E-state index in [2.05, 4.69) is 6.92 Å². The molecule has 0 aliphatic rings. The third-order valence-electron chi connectivity index (χ3n) is 2.32. The van der Waals surface area contributed by atoms with Crippen molar-refractivity contribution in [3.8, 4) is 0 Å². The van der Waals surface area contributed by atoms with Crippen molar-refractivity contribution in [1.82, 2.24) is 0 Å². The van der Waals surface area contributed by atoms with Gasteiger partial charge in [-0.3, -0.25) is 4.79 Å². The van der Waals surface area contributed by atoms with Gasteiger partial charge in [-0.15, -0.1) is 12.4 Å². The molecule has 17 heavy (non-hydrogen) atoms. The van der Waals surface area contributed by atoms with Gasteiger partial charge < -0.3 is 10.5 Å². The van der Waals surface area contributed by atoms with Crippen LogP contribution in [0.3, 0.4) is 0 Å². The smallest absolute Gasteiger partial charge is 0.374 e. The number of hydrogen-bond donors (Lipinski definition) is 1. The fourth-order valence-electron chi connectivity index (χ4n) is 1.32. The largest absolute Gasteiger partial charge is 0.460 e. The fraction of sp³-hybridized carbons (Fsp3) is 0.833. The highest BCUT2D eigenvalue weighted by molar-refractivity contribution is 6.33. The summed E-state index contributed by atoms with van der Waals surface area (Å²) in [6, 6.07) is 0. The Morgan fingerprint density at radius 3 is 2.29 bits per heavy atom. The molecule has 0 amide bonds. The number of nitrogens with two attached hydrogens (primary N) is 1. The summed E-state index contributed by atoms with van der Waals surface area (Å²) >= 11 is 0. The molecule has 0 spiro atoms. The van der Waals surface area contributed by atoms with Crippen LogP contribution in [0.2, 0.25) is 0 Å². The van der Waals surface area contributed by atoms with Crippen LogP contribution in [0.1, 0.15) is 51.9 Å². The number of Topliss-reactive ketones (excluding diaryl/α,β-unsaturated/α-hetero) is 1. The van der Waals surface area contributed by atoms with Gasteiger partial charge in [-0.25, -0.2) is 4.79 Å². The van der Waals surface area contributed by atoms with Crippen LogP contribution in [-0.2, 0) is 14.3 Å². The van der Waals surface area contributed by atoms with Crippen molar-refractivity contribution in [3.05, 3.63) is 0 Å². The lowest BCUT2D eigenvalue weighted by molar-refractivity contribution is -0.154. The summed E-state index contributed by atoms with van der Waals surface area (Å²) in [5.41, 5.74) is 5.24. The molecular weight excluding hydrogens is 242 g/mol. The van der Waals surface area contributed by atoms with Gasteiger partial charge in [0.05, 0.1) is 6.61 Å². The molecule has 0 aliphatic carbocycles. The van der Waals surface area contributed by atoms with Gasteiger partial charge in [0, 0.05) is 6.42 Å². The summed E-state index contributed by atoms with van der Waals surface area (Å²) in [6.45, 7) is 2.93. The van der Waals surface area contributed by atoms with Crippen molar-refractivity contribution in [2.45, 2.75) is 51.9 Å². The van der Waals surface area contributed by atoms with Gasteiger partial charge in [0.25, 0.3) is 0 Å². The molecule has 102 valence electrons. The molecule has 0 aliphatic heterocycles. The van der Waals surface area contributed by atoms with Crippen molar-refractivity contribution in [3.63, 3.8) is 0 Å². The average Bonchev–Trinajstić information content (AvgIpc) is 2.30. The number of esters is 1. The van der Waals surface area contributed by atoms with Crippen LogP contribution in [-0.4, -0.2) is 24.9 Å². The molecule has 5 heteroatoms. The fourth-order valence-corrected chi connectivity index (χ4v) is 1.32. The Bertz CT molecular complexity index is 210. The highest BCUT2D eigenvalue weighted by atomic mass is 35.5. The minimum absolute atomic E-state index is 0. The quantitative estimate of drug-likeness (QED) is 0.374. The van der Waals surface area contributed by atoms with Crippen molar-refractivity contribution >= 4 is 24.2 Å². The molecule has 0 bridgehead atoms. The summed E-state index contributed by atoms with van der Waals surface area (Å²) in [5, 5.41) is 0. The zero-order valence-electron chi connectivity index (χ0n) is 10.6. The molecule has 0 fully saturated rings. The molecular formula is C12H24ClNO3. The lowest BCUT2D eigenvalue weighted by Crippen LogP contribution is -2.18. The maximum absolute atomic E-state index is 11.1. The Morgan fingerprint density at radius 1 is 1.06 bits per heavy atom. The standard InChI is InChI=1S/C12H23NO3.ClH/c1-2-3-4-5-6-10-16-12(15)11(14)8-7-9-13;/h2-10,13H2,1H3;1H. The van der Waals surface area contributed by atoms with Crippen LogP contribution in [0.4, 0.5) is 0 Å². The first-order chi connectivity index (χ1) is 7.72. The number of carbonyl (C=O) groups excluding carboxylic acids is 2. The predicted octanol–water partition coefficient (Wildman–Crippen LogP) is 2.23. The number of unbranched alkanes of at least 4 members (excludes halogenated alkanes) is 4. The topological polar surface area (TPSA) is 69.4 Å². The van der Waals surface area contributed by atoms with Gasteiger partial charge in [-0.1, -0.05) is 32.6 Å². The second-order valence-electron chi connectivity index (χ2n) is 3.87. The average molecular weight is 266 g/mol. The zero-order valence-corrected chi connectivity index (χ0v) is 11.4. The van der Waals surface area contributed by atoms with Crippen LogP contribution >= 0.6 is 12.4 Å². The molecule has 0 aromatic heterocycles. The molecule has 0 radical (unpaired) electrons. The van der Waals surface area contributed by atoms with Crippen LogP contribution in [0, 0.1) is 0 Å². The van der Waals surface area contributed by atoms with Crippen molar-refractivity contribution in [1.29, 1.82) is 0 Å². The van der Waals surface area contributed by atoms with E-state index in [9.17, 15) is 9.59 Å². The number of hydrogen-bond acceptors (Lipinski definition) is 4. The van der Waals surface area contributed by atoms with Gasteiger partial charge in [0.2, 0.25) is 5.78 Å². The molecule has 0 heterocycles. The van der Waals surface area contributed by atoms with E-state index < -0.39 is 11.8 Å². The summed E-state index contributed by atoms with van der Waals surface area (Å²) < 4.78 is 4.85. The summed E-state index contributed by atoms with van der Waals surface area (Å²) in [7, 11) is 0. The predicted molar refractivity (Wildman–Crippen MR) is 70.3 cm³/mol. The van der Waals surface area contributed by atoms with Gasteiger partial charge in [0.1, 0.15) is 0 Å². The summed E-state index contributed by atoms with van der Waals surface area (Å²) in [4.78, 5) is 22.3. The molecule has 0 unspecified atom stereocenters. The second kappa shape index (κ2) is 13.5. The van der Waals surface area contributed by atoms with E-state index in [1.54, 1.807) is 0 Å². The highest BCUT2D eigenvalue weighted by Gasteiger charge is 2.13. The van der Waals surface area contributed by atoms with Gasteiger partial charge in [-0.2, -0.15) is 0 Å². The minimum atomic E-state index is -0.705. The molecule has 0 aromatic carbocycles. The first-order valence-corrected chi connectivity index (χ1v) is 6.12. The molecule has 4 nitrogen and oxygen atoms in total. The number of ether oxygens (including phenoxy) is 1. The third kappa shape index (κ3) is 11.6. The van der Waals surface area contributed by atoms with E-state index in [0.29, 0.717) is 19.6 Å². The molecule has 0 atom stereocenters. The Balaban J connectivity index is 0. The molecule has 0 saturated heterocycles. The zero-order chi connectivity index (χ0) is 12.2. The first kappa shape index (κ1) is 18.7. The normalized spacial score (nSPS) is 9.53. The third-order valence-corrected chi connectivity index (χ3v) is 2.32. The lowest BCUT2D eigenvalue weighted by atomic mass is 10.2. The molecule has 0 aromatic rings. The van der Waals surface area contributed by atoms with Gasteiger partial charge in [-0.05, 0) is 19.4 Å². The maximum atomic E-state index is 11.1. The van der Waals surface area contributed by atoms with Crippen LogP contribution in [0.25, 0.3) is 0 Å². The summed E-state index contributed by atoms with van der Waals surface area (Å²) in [6.07, 6.45) is 6.21. The van der Waals surface area contributed by atoms with Crippen LogP contribution < -0.4 is 5.73 Å². The lowest BCUT2D eigenvalue weighted by Gasteiger charge is -2.03. The number of halogens is 1. The van der Waals surface area contributed by atoms with E-state index in [1.165, 1.54) is 12.8 Å². The second-order valence-corrected chi connectivity index (χ2v) is 3.87. The highest BCUT2D eigenvalue weighted by Crippen LogP contribution is 2.02. The maximum Gasteiger partial charge on any atom is 0.374 e. The van der Waals surface area contributed by atoms with E-state index in [0.717, 1.165) is 19.3 Å². The van der Waals surface area contributed by atoms with E-state index in [1.807, 2.05) is 0 Å². The Hall–Kier alpha value is -0.610.